The molecule has 1 aliphatic rings. The smallest absolute Gasteiger partial charge is 0.145 e. The predicted molar refractivity (Wildman–Crippen MR) is 75.4 cm³/mol. The molecular weight excluding hydrogens is 278 g/mol. The van der Waals surface area contributed by atoms with Gasteiger partial charge in [0.1, 0.15) is 5.75 Å². The van der Waals surface area contributed by atoms with Gasteiger partial charge in [0.2, 0.25) is 0 Å². The predicted octanol–water partition coefficient (Wildman–Crippen LogP) is 4.30. The molecule has 0 bridgehead atoms. The van der Waals surface area contributed by atoms with Crippen LogP contribution in [-0.4, -0.2) is 6.61 Å². The summed E-state index contributed by atoms with van der Waals surface area (Å²) in [7, 11) is 0. The molecule has 0 spiro atoms. The SMILES string of the molecule is Cc1cc(Br)cc(N)c1OCC1CCCCC1. The topological polar surface area (TPSA) is 35.2 Å². The van der Waals surface area contributed by atoms with Gasteiger partial charge in [0.15, 0.2) is 0 Å². The molecule has 2 nitrogen and oxygen atoms in total. The minimum Gasteiger partial charge on any atom is -0.491 e. The average Bonchev–Trinajstić information content (AvgIpc) is 2.29. The number of anilines is 1. The Morgan fingerprint density at radius 1 is 1.29 bits per heavy atom. The van der Waals surface area contributed by atoms with Gasteiger partial charge in [-0.3, -0.25) is 0 Å². The van der Waals surface area contributed by atoms with Gasteiger partial charge in [-0.05, 0) is 43.4 Å². The van der Waals surface area contributed by atoms with E-state index in [0.29, 0.717) is 5.92 Å². The molecule has 0 heterocycles. The highest BCUT2D eigenvalue weighted by atomic mass is 79.9. The van der Waals surface area contributed by atoms with Crippen LogP contribution in [0.5, 0.6) is 5.75 Å². The highest BCUT2D eigenvalue weighted by Crippen LogP contribution is 2.31. The summed E-state index contributed by atoms with van der Waals surface area (Å²) in [6.45, 7) is 2.85. The lowest BCUT2D eigenvalue weighted by atomic mass is 9.90. The highest BCUT2D eigenvalue weighted by Gasteiger charge is 2.15. The first kappa shape index (κ1) is 12.7. The fourth-order valence-corrected chi connectivity index (χ4v) is 3.10. The second kappa shape index (κ2) is 5.76. The molecule has 0 saturated heterocycles. The summed E-state index contributed by atoms with van der Waals surface area (Å²) in [6.07, 6.45) is 6.69. The molecular formula is C14H20BrNO. The van der Waals surface area contributed by atoms with E-state index in [0.717, 1.165) is 28.1 Å². The standard InChI is InChI=1S/C14H20BrNO/c1-10-7-12(15)8-13(16)14(10)17-9-11-5-3-2-4-6-11/h7-8,11H,2-6,9,16H2,1H3. The number of halogens is 1. The van der Waals surface area contributed by atoms with Gasteiger partial charge in [-0.2, -0.15) is 0 Å². The number of nitrogens with two attached hydrogens (primary N) is 1. The lowest BCUT2D eigenvalue weighted by Crippen LogP contribution is -2.16. The molecule has 1 saturated carbocycles. The molecule has 1 fully saturated rings. The first-order valence-electron chi connectivity index (χ1n) is 6.35. The number of benzene rings is 1. The fraction of sp³-hybridized carbons (Fsp3) is 0.571. The van der Waals surface area contributed by atoms with Crippen molar-refractivity contribution < 1.29 is 4.74 Å². The second-order valence-electron chi connectivity index (χ2n) is 4.96. The maximum Gasteiger partial charge on any atom is 0.145 e. The van der Waals surface area contributed by atoms with Crippen LogP contribution in [-0.2, 0) is 0 Å². The van der Waals surface area contributed by atoms with Crippen LogP contribution in [0.4, 0.5) is 5.69 Å². The Balaban J connectivity index is 1.98. The Bertz CT molecular complexity index is 363. The number of hydrogen-bond acceptors (Lipinski definition) is 2. The van der Waals surface area contributed by atoms with Crippen LogP contribution < -0.4 is 10.5 Å². The summed E-state index contributed by atoms with van der Waals surface area (Å²) in [4.78, 5) is 0. The van der Waals surface area contributed by atoms with E-state index in [2.05, 4.69) is 15.9 Å². The largest absolute Gasteiger partial charge is 0.491 e. The first-order valence-corrected chi connectivity index (χ1v) is 7.14. The number of ether oxygens (including phenoxy) is 1. The third-order valence-electron chi connectivity index (χ3n) is 3.46. The molecule has 0 aromatic heterocycles. The third kappa shape index (κ3) is 3.38. The van der Waals surface area contributed by atoms with Crippen molar-refractivity contribution in [1.29, 1.82) is 0 Å². The van der Waals surface area contributed by atoms with E-state index < -0.39 is 0 Å². The molecule has 17 heavy (non-hydrogen) atoms. The van der Waals surface area contributed by atoms with Crippen molar-refractivity contribution in [2.45, 2.75) is 39.0 Å². The molecule has 0 radical (unpaired) electrons. The van der Waals surface area contributed by atoms with Crippen molar-refractivity contribution in [1.82, 2.24) is 0 Å². The van der Waals surface area contributed by atoms with Crippen LogP contribution in [0.2, 0.25) is 0 Å². The van der Waals surface area contributed by atoms with Crippen molar-refractivity contribution in [3.8, 4) is 5.75 Å². The number of aryl methyl sites for hydroxylation is 1. The molecule has 3 heteroatoms. The molecule has 0 atom stereocenters. The quantitative estimate of drug-likeness (QED) is 0.844. The summed E-state index contributed by atoms with van der Waals surface area (Å²) in [6, 6.07) is 3.95. The van der Waals surface area contributed by atoms with Gasteiger partial charge in [0.05, 0.1) is 12.3 Å². The molecule has 2 rings (SSSR count). The lowest BCUT2D eigenvalue weighted by Gasteiger charge is -2.22. The zero-order valence-corrected chi connectivity index (χ0v) is 11.9. The normalized spacial score (nSPS) is 17.1. The second-order valence-corrected chi connectivity index (χ2v) is 5.87. The number of hydrogen-bond donors (Lipinski definition) is 1. The molecule has 0 amide bonds. The van der Waals surface area contributed by atoms with E-state index in [1.807, 2.05) is 19.1 Å². The van der Waals surface area contributed by atoms with E-state index in [1.54, 1.807) is 0 Å². The van der Waals surface area contributed by atoms with Crippen LogP contribution >= 0.6 is 15.9 Å². The van der Waals surface area contributed by atoms with Gasteiger partial charge >= 0.3 is 0 Å². The molecule has 1 aromatic rings. The van der Waals surface area contributed by atoms with E-state index >= 15 is 0 Å². The Morgan fingerprint density at radius 3 is 2.65 bits per heavy atom. The zero-order valence-electron chi connectivity index (χ0n) is 10.3. The molecule has 1 aromatic carbocycles. The summed E-state index contributed by atoms with van der Waals surface area (Å²) in [5.74, 6) is 1.57. The van der Waals surface area contributed by atoms with Gasteiger partial charge in [-0.1, -0.05) is 35.2 Å². The Hall–Kier alpha value is -0.700. The van der Waals surface area contributed by atoms with Gasteiger partial charge in [0.25, 0.3) is 0 Å². The van der Waals surface area contributed by atoms with Crippen LogP contribution in [0.3, 0.4) is 0 Å². The van der Waals surface area contributed by atoms with Crippen LogP contribution in [0.1, 0.15) is 37.7 Å². The Labute approximate surface area is 112 Å². The van der Waals surface area contributed by atoms with Crippen molar-refractivity contribution in [3.63, 3.8) is 0 Å². The zero-order chi connectivity index (χ0) is 12.3. The number of rotatable bonds is 3. The maximum atomic E-state index is 5.98. The van der Waals surface area contributed by atoms with Gasteiger partial charge < -0.3 is 10.5 Å². The van der Waals surface area contributed by atoms with Crippen LogP contribution in [0.15, 0.2) is 16.6 Å². The van der Waals surface area contributed by atoms with E-state index in [9.17, 15) is 0 Å². The summed E-state index contributed by atoms with van der Waals surface area (Å²) in [5, 5.41) is 0. The first-order chi connectivity index (χ1) is 8.16. The third-order valence-corrected chi connectivity index (χ3v) is 3.91. The van der Waals surface area contributed by atoms with Crippen molar-refractivity contribution in [2.24, 2.45) is 5.92 Å². The molecule has 2 N–H and O–H groups in total. The molecule has 0 aliphatic heterocycles. The van der Waals surface area contributed by atoms with E-state index in [1.165, 1.54) is 32.1 Å². The Morgan fingerprint density at radius 2 is 2.00 bits per heavy atom. The van der Waals surface area contributed by atoms with Crippen LogP contribution in [0.25, 0.3) is 0 Å². The van der Waals surface area contributed by atoms with Gasteiger partial charge in [0, 0.05) is 4.47 Å². The lowest BCUT2D eigenvalue weighted by molar-refractivity contribution is 0.209. The van der Waals surface area contributed by atoms with Gasteiger partial charge in [-0.15, -0.1) is 0 Å². The van der Waals surface area contributed by atoms with Crippen molar-refractivity contribution in [2.75, 3.05) is 12.3 Å². The summed E-state index contributed by atoms with van der Waals surface area (Å²) >= 11 is 3.44. The van der Waals surface area contributed by atoms with E-state index in [-0.39, 0.29) is 0 Å². The minimum atomic E-state index is 0.714. The highest BCUT2D eigenvalue weighted by molar-refractivity contribution is 9.10. The molecule has 0 unspecified atom stereocenters. The van der Waals surface area contributed by atoms with E-state index in [4.69, 9.17) is 10.5 Å². The Kier molecular flexibility index (Phi) is 4.32. The number of nitrogen functional groups attached to an aromatic ring is 1. The van der Waals surface area contributed by atoms with Crippen molar-refractivity contribution in [3.05, 3.63) is 22.2 Å². The molecule has 1 aliphatic carbocycles. The summed E-state index contributed by atoms with van der Waals surface area (Å²) in [5.41, 5.74) is 7.82. The monoisotopic (exact) mass is 297 g/mol. The average molecular weight is 298 g/mol. The minimum absolute atomic E-state index is 0.714. The summed E-state index contributed by atoms with van der Waals surface area (Å²) < 4.78 is 6.93. The van der Waals surface area contributed by atoms with Crippen LogP contribution in [0, 0.1) is 12.8 Å². The fourth-order valence-electron chi connectivity index (χ4n) is 2.51. The van der Waals surface area contributed by atoms with Crippen molar-refractivity contribution >= 4 is 21.6 Å². The molecule has 94 valence electrons. The van der Waals surface area contributed by atoms with Gasteiger partial charge in [-0.25, -0.2) is 0 Å². The maximum absolute atomic E-state index is 5.98.